The zero-order chi connectivity index (χ0) is 13.0. The topological polar surface area (TPSA) is 29.3 Å². The smallest absolute Gasteiger partial charge is 0.0772 e. The minimum absolute atomic E-state index is 0.436. The standard InChI is InChI=1S/C14H20N2S2/c1-11-12(2)17-9-8-16(11)10-14-6-5-13(18-14)4-3-7-15/h5-6,11-12H,7-10,15H2,1-2H3. The maximum Gasteiger partial charge on any atom is 0.0772 e. The van der Waals surface area contributed by atoms with Crippen molar-refractivity contribution < 1.29 is 0 Å². The summed E-state index contributed by atoms with van der Waals surface area (Å²) in [5.74, 6) is 7.26. The van der Waals surface area contributed by atoms with E-state index < -0.39 is 0 Å². The molecule has 98 valence electrons. The van der Waals surface area contributed by atoms with Crippen LogP contribution in [0.5, 0.6) is 0 Å². The molecule has 0 saturated carbocycles. The molecule has 1 aromatic rings. The summed E-state index contributed by atoms with van der Waals surface area (Å²) >= 11 is 3.87. The summed E-state index contributed by atoms with van der Waals surface area (Å²) in [5.41, 5.74) is 5.39. The summed E-state index contributed by atoms with van der Waals surface area (Å²) in [4.78, 5) is 5.11. The fourth-order valence-corrected chi connectivity index (χ4v) is 4.16. The van der Waals surface area contributed by atoms with Crippen LogP contribution in [0.1, 0.15) is 23.6 Å². The Morgan fingerprint density at radius 3 is 3.06 bits per heavy atom. The first kappa shape index (κ1) is 14.0. The van der Waals surface area contributed by atoms with Crippen LogP contribution in [0.15, 0.2) is 12.1 Å². The molecule has 0 bridgehead atoms. The van der Waals surface area contributed by atoms with Crippen molar-refractivity contribution in [1.82, 2.24) is 4.90 Å². The molecule has 1 aliphatic rings. The molecule has 1 fully saturated rings. The van der Waals surface area contributed by atoms with E-state index >= 15 is 0 Å². The van der Waals surface area contributed by atoms with E-state index in [9.17, 15) is 0 Å². The van der Waals surface area contributed by atoms with Crippen molar-refractivity contribution in [3.63, 3.8) is 0 Å². The Morgan fingerprint density at radius 2 is 2.28 bits per heavy atom. The van der Waals surface area contributed by atoms with Gasteiger partial charge in [-0.05, 0) is 19.1 Å². The fourth-order valence-electron chi connectivity index (χ4n) is 2.09. The average Bonchev–Trinajstić information content (AvgIpc) is 2.80. The number of rotatable bonds is 2. The summed E-state index contributed by atoms with van der Waals surface area (Å²) in [5, 5.41) is 0.732. The summed E-state index contributed by atoms with van der Waals surface area (Å²) in [6, 6.07) is 4.96. The van der Waals surface area contributed by atoms with Crippen LogP contribution in [0.3, 0.4) is 0 Å². The average molecular weight is 280 g/mol. The number of thioether (sulfide) groups is 1. The molecule has 2 N–H and O–H groups in total. The molecule has 4 heteroatoms. The second-order valence-corrected chi connectivity index (χ2v) is 7.21. The van der Waals surface area contributed by atoms with Gasteiger partial charge in [0.1, 0.15) is 0 Å². The van der Waals surface area contributed by atoms with Gasteiger partial charge in [0, 0.05) is 35.0 Å². The third-order valence-corrected chi connectivity index (χ3v) is 5.67. The molecule has 1 aromatic heterocycles. The van der Waals surface area contributed by atoms with Crippen LogP contribution in [0.4, 0.5) is 0 Å². The Bertz CT molecular complexity index is 444. The molecular formula is C14H20N2S2. The molecule has 2 heterocycles. The van der Waals surface area contributed by atoms with Crippen LogP contribution in [0, 0.1) is 11.8 Å². The normalized spacial score (nSPS) is 24.6. The highest BCUT2D eigenvalue weighted by atomic mass is 32.2. The largest absolute Gasteiger partial charge is 0.320 e. The van der Waals surface area contributed by atoms with E-state index in [1.54, 1.807) is 11.3 Å². The molecule has 0 aliphatic carbocycles. The summed E-state index contributed by atoms with van der Waals surface area (Å²) in [6.45, 7) is 7.34. The maximum atomic E-state index is 5.39. The second kappa shape index (κ2) is 6.63. The highest BCUT2D eigenvalue weighted by molar-refractivity contribution is 8.00. The molecule has 2 unspecified atom stereocenters. The summed E-state index contributed by atoms with van der Waals surface area (Å²) in [6.07, 6.45) is 0. The van der Waals surface area contributed by atoms with Crippen LogP contribution in [0.25, 0.3) is 0 Å². The highest BCUT2D eigenvalue weighted by Crippen LogP contribution is 2.27. The lowest BCUT2D eigenvalue weighted by Gasteiger charge is -2.37. The van der Waals surface area contributed by atoms with Gasteiger partial charge in [0.05, 0.1) is 11.4 Å². The van der Waals surface area contributed by atoms with E-state index in [0.717, 1.165) is 16.7 Å². The Kier molecular flexibility index (Phi) is 5.13. The third kappa shape index (κ3) is 3.52. The van der Waals surface area contributed by atoms with E-state index in [2.05, 4.69) is 54.5 Å². The first-order valence-electron chi connectivity index (χ1n) is 6.34. The number of nitrogens with zero attached hydrogens (tertiary/aromatic N) is 1. The molecule has 0 spiro atoms. The molecule has 0 radical (unpaired) electrons. The first-order chi connectivity index (χ1) is 8.70. The van der Waals surface area contributed by atoms with Gasteiger partial charge in [-0.1, -0.05) is 18.8 Å². The molecule has 2 nitrogen and oxygen atoms in total. The number of thiophene rings is 1. The van der Waals surface area contributed by atoms with Crippen LogP contribution in [-0.2, 0) is 6.54 Å². The van der Waals surface area contributed by atoms with E-state index in [4.69, 9.17) is 5.73 Å². The van der Waals surface area contributed by atoms with Crippen molar-refractivity contribution >= 4 is 23.1 Å². The minimum atomic E-state index is 0.436. The first-order valence-corrected chi connectivity index (χ1v) is 8.20. The SMILES string of the molecule is CC1SCCN(Cc2ccc(C#CCN)s2)C1C. The Hall–Kier alpha value is -0.470. The van der Waals surface area contributed by atoms with Gasteiger partial charge in [-0.3, -0.25) is 4.90 Å². The van der Waals surface area contributed by atoms with Crippen molar-refractivity contribution in [2.24, 2.45) is 5.73 Å². The van der Waals surface area contributed by atoms with Gasteiger partial charge in [0.2, 0.25) is 0 Å². The van der Waals surface area contributed by atoms with E-state index in [-0.39, 0.29) is 0 Å². The lowest BCUT2D eigenvalue weighted by atomic mass is 10.2. The Morgan fingerprint density at radius 1 is 1.44 bits per heavy atom. The molecule has 2 atom stereocenters. The lowest BCUT2D eigenvalue weighted by Crippen LogP contribution is -2.43. The summed E-state index contributed by atoms with van der Waals surface area (Å²) in [7, 11) is 0. The van der Waals surface area contributed by atoms with Crippen LogP contribution in [-0.4, -0.2) is 35.0 Å². The molecule has 0 aromatic carbocycles. The maximum absolute atomic E-state index is 5.39. The number of nitrogens with two attached hydrogens (primary N) is 1. The summed E-state index contributed by atoms with van der Waals surface area (Å²) < 4.78 is 0. The van der Waals surface area contributed by atoms with Gasteiger partial charge in [-0.25, -0.2) is 0 Å². The van der Waals surface area contributed by atoms with Gasteiger partial charge < -0.3 is 5.73 Å². The number of hydrogen-bond acceptors (Lipinski definition) is 4. The van der Waals surface area contributed by atoms with E-state index in [0.29, 0.717) is 12.6 Å². The second-order valence-electron chi connectivity index (χ2n) is 4.56. The monoisotopic (exact) mass is 280 g/mol. The molecule has 0 amide bonds. The van der Waals surface area contributed by atoms with Gasteiger partial charge in [0.15, 0.2) is 0 Å². The van der Waals surface area contributed by atoms with Crippen molar-refractivity contribution in [2.75, 3.05) is 18.8 Å². The zero-order valence-corrected chi connectivity index (χ0v) is 12.6. The van der Waals surface area contributed by atoms with Crippen molar-refractivity contribution in [3.05, 3.63) is 21.9 Å². The molecule has 1 aliphatic heterocycles. The Labute approximate surface area is 118 Å². The molecule has 2 rings (SSSR count). The van der Waals surface area contributed by atoms with E-state index in [1.165, 1.54) is 17.2 Å². The van der Waals surface area contributed by atoms with Crippen molar-refractivity contribution in [1.29, 1.82) is 0 Å². The quantitative estimate of drug-likeness (QED) is 0.844. The lowest BCUT2D eigenvalue weighted by molar-refractivity contribution is 0.206. The fraction of sp³-hybridized carbons (Fsp3) is 0.571. The van der Waals surface area contributed by atoms with Gasteiger partial charge in [-0.15, -0.1) is 11.3 Å². The molecular weight excluding hydrogens is 260 g/mol. The predicted octanol–water partition coefficient (Wildman–Crippen LogP) is 2.38. The van der Waals surface area contributed by atoms with Crippen LogP contribution in [0.2, 0.25) is 0 Å². The van der Waals surface area contributed by atoms with Gasteiger partial charge in [0.25, 0.3) is 0 Å². The third-order valence-electron chi connectivity index (χ3n) is 3.35. The molecule has 1 saturated heterocycles. The zero-order valence-electron chi connectivity index (χ0n) is 11.0. The Balaban J connectivity index is 1.98. The van der Waals surface area contributed by atoms with Crippen LogP contribution >= 0.6 is 23.1 Å². The van der Waals surface area contributed by atoms with Crippen molar-refractivity contribution in [2.45, 2.75) is 31.7 Å². The molecule has 18 heavy (non-hydrogen) atoms. The van der Waals surface area contributed by atoms with E-state index in [1.807, 2.05) is 0 Å². The highest BCUT2D eigenvalue weighted by Gasteiger charge is 2.25. The van der Waals surface area contributed by atoms with Gasteiger partial charge >= 0.3 is 0 Å². The number of hydrogen-bond donors (Lipinski definition) is 1. The van der Waals surface area contributed by atoms with Gasteiger partial charge in [-0.2, -0.15) is 11.8 Å². The van der Waals surface area contributed by atoms with Crippen LogP contribution < -0.4 is 5.73 Å². The predicted molar refractivity (Wildman–Crippen MR) is 82.0 cm³/mol. The minimum Gasteiger partial charge on any atom is -0.320 e. The van der Waals surface area contributed by atoms with Crippen molar-refractivity contribution in [3.8, 4) is 11.8 Å².